The molecule has 1 N–H and O–H groups in total. The van der Waals surface area contributed by atoms with Gasteiger partial charge in [-0.2, -0.15) is 0 Å². The first kappa shape index (κ1) is 15.8. The molecule has 0 atom stereocenters. The van der Waals surface area contributed by atoms with Gasteiger partial charge in [0.2, 0.25) is 0 Å². The van der Waals surface area contributed by atoms with Crippen LogP contribution in [0.1, 0.15) is 56.9 Å². The van der Waals surface area contributed by atoms with Gasteiger partial charge in [-0.15, -0.1) is 0 Å². The monoisotopic (exact) mass is 310 g/mol. The normalized spacial score (nSPS) is 22.6. The van der Waals surface area contributed by atoms with Gasteiger partial charge in [0.15, 0.2) is 0 Å². The van der Waals surface area contributed by atoms with Gasteiger partial charge in [0.05, 0.1) is 0 Å². The fourth-order valence-electron chi connectivity index (χ4n) is 3.07. The van der Waals surface area contributed by atoms with E-state index in [2.05, 4.69) is 19.1 Å². The van der Waals surface area contributed by atoms with E-state index < -0.39 is 5.30 Å². The summed E-state index contributed by atoms with van der Waals surface area (Å²) in [5.41, 5.74) is 1.42. The van der Waals surface area contributed by atoms with E-state index in [1.54, 1.807) is 0 Å². The number of rotatable bonds is 5. The molecule has 1 saturated carbocycles. The molecule has 0 aliphatic heterocycles. The number of hydrogen-bond donors (Lipinski definition) is 1. The molecule has 0 heterocycles. The van der Waals surface area contributed by atoms with Crippen LogP contribution in [-0.4, -0.2) is 10.4 Å². The Morgan fingerprint density at radius 3 is 2.40 bits per heavy atom. The van der Waals surface area contributed by atoms with Gasteiger partial charge in [-0.1, -0.05) is 31.9 Å². The van der Waals surface area contributed by atoms with Gasteiger partial charge >= 0.3 is 5.30 Å². The lowest BCUT2D eigenvalue weighted by molar-refractivity contribution is 0.222. The predicted octanol–water partition coefficient (Wildman–Crippen LogP) is 6.18. The molecule has 1 aliphatic rings. The molecule has 0 radical (unpaired) electrons. The summed E-state index contributed by atoms with van der Waals surface area (Å²) in [7, 11) is 2.17. The van der Waals surface area contributed by atoms with Crippen LogP contribution in [0.3, 0.4) is 0 Å². The molecule has 0 saturated heterocycles. The Kier molecular flexibility index (Phi) is 6.30. The zero-order valence-electron chi connectivity index (χ0n) is 11.9. The van der Waals surface area contributed by atoms with Crippen molar-refractivity contribution >= 4 is 26.9 Å². The average Bonchev–Trinajstić information content (AvgIpc) is 2.47. The first-order valence-electron chi connectivity index (χ1n) is 7.36. The summed E-state index contributed by atoms with van der Waals surface area (Å²) < 4.78 is 0. The molecule has 0 amide bonds. The maximum atomic E-state index is 10.5. The summed E-state index contributed by atoms with van der Waals surface area (Å²) in [5, 5.41) is 7.80. The Morgan fingerprint density at radius 1 is 1.20 bits per heavy atom. The topological polar surface area (TPSA) is 37.3 Å². The minimum Gasteiger partial charge on any atom is -0.473 e. The molecular weight excluding hydrogens is 288 g/mol. The predicted molar refractivity (Wildman–Crippen MR) is 87.5 cm³/mol. The van der Waals surface area contributed by atoms with E-state index in [1.165, 1.54) is 54.9 Å². The zero-order valence-corrected chi connectivity index (χ0v) is 13.5. The fraction of sp³-hybridized carbons (Fsp3) is 0.562. The summed E-state index contributed by atoms with van der Waals surface area (Å²) in [6.45, 7) is 2.28. The summed E-state index contributed by atoms with van der Waals surface area (Å²) in [4.78, 5) is 11.5. The van der Waals surface area contributed by atoms with Crippen LogP contribution >= 0.6 is 21.6 Å². The summed E-state index contributed by atoms with van der Waals surface area (Å²) >= 11 is 0. The Morgan fingerprint density at radius 2 is 1.85 bits per heavy atom. The molecule has 20 heavy (non-hydrogen) atoms. The van der Waals surface area contributed by atoms with Gasteiger partial charge in [-0.05, 0) is 66.0 Å². The molecular formula is C16H22O2S2. The Hall–Kier alpha value is -0.610. The molecule has 1 fully saturated rings. The third-order valence-corrected chi connectivity index (χ3v) is 6.05. The Labute approximate surface area is 129 Å². The van der Waals surface area contributed by atoms with Crippen molar-refractivity contribution in [3.05, 3.63) is 29.8 Å². The molecule has 4 heteroatoms. The Balaban J connectivity index is 1.86. The number of hydrogen-bond acceptors (Lipinski definition) is 3. The standard InChI is InChI=1S/C16H22O2S2/c1-2-3-12-4-6-13(7-5-12)14-8-10-15(11-9-14)19-20-16(17)18/h8-13H,2-7H2,1H3,(H,17,18). The summed E-state index contributed by atoms with van der Waals surface area (Å²) in [6, 6.07) is 8.45. The highest BCUT2D eigenvalue weighted by Gasteiger charge is 2.21. The lowest BCUT2D eigenvalue weighted by Gasteiger charge is -2.28. The summed E-state index contributed by atoms with van der Waals surface area (Å²) in [5.74, 6) is 1.65. The molecule has 1 aromatic carbocycles. The second-order valence-corrected chi connectivity index (χ2v) is 7.66. The fourth-order valence-corrected chi connectivity index (χ4v) is 4.32. The van der Waals surface area contributed by atoms with Crippen molar-refractivity contribution in [2.24, 2.45) is 5.92 Å². The van der Waals surface area contributed by atoms with Crippen molar-refractivity contribution < 1.29 is 9.90 Å². The molecule has 1 aliphatic carbocycles. The van der Waals surface area contributed by atoms with Crippen molar-refractivity contribution in [3.8, 4) is 0 Å². The van der Waals surface area contributed by atoms with Crippen molar-refractivity contribution in [1.82, 2.24) is 0 Å². The van der Waals surface area contributed by atoms with Crippen LogP contribution in [0.15, 0.2) is 29.2 Å². The molecule has 1 aromatic rings. The number of carbonyl (C=O) groups is 1. The van der Waals surface area contributed by atoms with Crippen LogP contribution in [0.25, 0.3) is 0 Å². The van der Waals surface area contributed by atoms with Crippen LogP contribution in [0.4, 0.5) is 4.79 Å². The third kappa shape index (κ3) is 4.74. The summed E-state index contributed by atoms with van der Waals surface area (Å²) in [6.07, 6.45) is 8.03. The first-order chi connectivity index (χ1) is 9.69. The molecule has 2 nitrogen and oxygen atoms in total. The largest absolute Gasteiger partial charge is 0.473 e. The van der Waals surface area contributed by atoms with Crippen molar-refractivity contribution in [2.45, 2.75) is 56.3 Å². The first-order valence-corrected chi connectivity index (χ1v) is 9.51. The van der Waals surface area contributed by atoms with Gasteiger partial charge in [0, 0.05) is 15.7 Å². The average molecular weight is 310 g/mol. The van der Waals surface area contributed by atoms with E-state index in [-0.39, 0.29) is 0 Å². The van der Waals surface area contributed by atoms with Gasteiger partial charge in [0.1, 0.15) is 0 Å². The lowest BCUT2D eigenvalue weighted by Crippen LogP contribution is -2.13. The second kappa shape index (κ2) is 7.99. The molecule has 0 aromatic heterocycles. The highest BCUT2D eigenvalue weighted by atomic mass is 33.1. The molecule has 0 bridgehead atoms. The number of benzene rings is 1. The van der Waals surface area contributed by atoms with Crippen LogP contribution in [-0.2, 0) is 0 Å². The van der Waals surface area contributed by atoms with Crippen molar-refractivity contribution in [2.75, 3.05) is 0 Å². The van der Waals surface area contributed by atoms with E-state index in [1.807, 2.05) is 12.1 Å². The van der Waals surface area contributed by atoms with Crippen LogP contribution in [0.5, 0.6) is 0 Å². The Bertz CT molecular complexity index is 423. The lowest BCUT2D eigenvalue weighted by atomic mass is 9.77. The maximum absolute atomic E-state index is 10.5. The maximum Gasteiger partial charge on any atom is 0.375 e. The highest BCUT2D eigenvalue weighted by molar-refractivity contribution is 8.82. The van der Waals surface area contributed by atoms with Gasteiger partial charge in [0.25, 0.3) is 0 Å². The molecule has 110 valence electrons. The minimum absolute atomic E-state index is 0.703. The third-order valence-electron chi connectivity index (χ3n) is 4.10. The van der Waals surface area contributed by atoms with E-state index in [4.69, 9.17) is 5.11 Å². The van der Waals surface area contributed by atoms with E-state index in [0.717, 1.165) is 21.6 Å². The van der Waals surface area contributed by atoms with E-state index in [9.17, 15) is 4.79 Å². The molecule has 0 spiro atoms. The van der Waals surface area contributed by atoms with Crippen molar-refractivity contribution in [1.29, 1.82) is 0 Å². The van der Waals surface area contributed by atoms with Crippen LogP contribution in [0, 0.1) is 5.92 Å². The van der Waals surface area contributed by atoms with E-state index in [0.29, 0.717) is 5.92 Å². The SMILES string of the molecule is CCCC1CCC(c2ccc(SSC(=O)O)cc2)CC1. The van der Waals surface area contributed by atoms with Gasteiger partial charge in [-0.3, -0.25) is 0 Å². The molecule has 2 rings (SSSR count). The highest BCUT2D eigenvalue weighted by Crippen LogP contribution is 2.38. The minimum atomic E-state index is -0.840. The smallest absolute Gasteiger partial charge is 0.375 e. The van der Waals surface area contributed by atoms with E-state index >= 15 is 0 Å². The second-order valence-electron chi connectivity index (χ2n) is 5.51. The quantitative estimate of drug-likeness (QED) is 0.659. The van der Waals surface area contributed by atoms with Gasteiger partial charge < -0.3 is 5.11 Å². The van der Waals surface area contributed by atoms with Crippen molar-refractivity contribution in [3.63, 3.8) is 0 Å². The zero-order chi connectivity index (χ0) is 14.4. The number of carboxylic acid groups (broad SMARTS) is 1. The van der Waals surface area contributed by atoms with Crippen LogP contribution < -0.4 is 0 Å². The molecule has 0 unspecified atom stereocenters. The van der Waals surface area contributed by atoms with Gasteiger partial charge in [-0.25, -0.2) is 4.79 Å². The van der Waals surface area contributed by atoms with Crippen LogP contribution in [0.2, 0.25) is 0 Å².